The monoisotopic (exact) mass is 432 g/mol. The predicted octanol–water partition coefficient (Wildman–Crippen LogP) is 3.33. The largest absolute Gasteiger partial charge is 0.462 e. The third kappa shape index (κ3) is 4.83. The van der Waals surface area contributed by atoms with Gasteiger partial charge < -0.3 is 19.8 Å². The number of nitrogens with one attached hydrogen (secondary N) is 2. The van der Waals surface area contributed by atoms with Crippen molar-refractivity contribution >= 4 is 34.3 Å². The molecule has 2 heterocycles. The second-order valence-corrected chi connectivity index (χ2v) is 7.04. The van der Waals surface area contributed by atoms with Crippen molar-refractivity contribution in [2.45, 2.75) is 25.8 Å². The van der Waals surface area contributed by atoms with Gasteiger partial charge in [-0.15, -0.1) is 11.6 Å². The molecule has 0 saturated heterocycles. The molecule has 30 heavy (non-hydrogen) atoms. The van der Waals surface area contributed by atoms with Gasteiger partial charge in [0.2, 0.25) is 0 Å². The van der Waals surface area contributed by atoms with Crippen LogP contribution in [0.4, 0.5) is 5.69 Å². The Morgan fingerprint density at radius 3 is 2.73 bits per heavy atom. The summed E-state index contributed by atoms with van der Waals surface area (Å²) in [6, 6.07) is 9.63. The average molecular weight is 433 g/mol. The van der Waals surface area contributed by atoms with E-state index in [1.807, 2.05) is 37.3 Å². The molecule has 0 aliphatic carbocycles. The first-order valence-electron chi connectivity index (χ1n) is 9.86. The first-order valence-corrected chi connectivity index (χ1v) is 10.3. The maximum atomic E-state index is 12.8. The minimum atomic E-state index is -0.688. The fourth-order valence-corrected chi connectivity index (χ4v) is 3.43. The van der Waals surface area contributed by atoms with E-state index in [2.05, 4.69) is 15.4 Å². The number of halogens is 1. The van der Waals surface area contributed by atoms with Crippen molar-refractivity contribution in [1.29, 1.82) is 0 Å². The van der Waals surface area contributed by atoms with Crippen LogP contribution in [-0.4, -0.2) is 47.1 Å². The number of esters is 1. The highest BCUT2D eigenvalue weighted by Gasteiger charge is 2.23. The van der Waals surface area contributed by atoms with E-state index in [9.17, 15) is 9.59 Å². The summed E-state index contributed by atoms with van der Waals surface area (Å²) in [7, 11) is 0. The van der Waals surface area contributed by atoms with Gasteiger partial charge in [0, 0.05) is 13.2 Å². The van der Waals surface area contributed by atoms with Crippen LogP contribution in [-0.2, 0) is 16.0 Å². The Morgan fingerprint density at radius 2 is 2.03 bits per heavy atom. The molecule has 1 atom stereocenters. The number of carbonyl (C=O) groups is 1. The summed E-state index contributed by atoms with van der Waals surface area (Å²) in [4.78, 5) is 27.9. The zero-order chi connectivity index (χ0) is 21.5. The molecule has 8 nitrogen and oxygen atoms in total. The number of hydrogen-bond donors (Lipinski definition) is 2. The zero-order valence-electron chi connectivity index (χ0n) is 17.0. The Morgan fingerprint density at radius 1 is 1.27 bits per heavy atom. The van der Waals surface area contributed by atoms with Crippen LogP contribution in [0.1, 0.15) is 35.1 Å². The van der Waals surface area contributed by atoms with Crippen LogP contribution >= 0.6 is 11.6 Å². The maximum Gasteiger partial charge on any atom is 0.345 e. The van der Waals surface area contributed by atoms with E-state index in [0.29, 0.717) is 43.0 Å². The lowest BCUT2D eigenvalue weighted by Gasteiger charge is -2.14. The predicted molar refractivity (Wildman–Crippen MR) is 116 cm³/mol. The topological polar surface area (TPSA) is 98.2 Å². The van der Waals surface area contributed by atoms with Crippen molar-refractivity contribution in [2.75, 3.05) is 31.7 Å². The molecule has 0 amide bonds. The van der Waals surface area contributed by atoms with Gasteiger partial charge in [-0.3, -0.25) is 4.79 Å². The molecule has 2 aromatic heterocycles. The molecule has 0 radical (unpaired) electrons. The second kappa shape index (κ2) is 10.3. The third-order valence-electron chi connectivity index (χ3n) is 4.54. The lowest BCUT2D eigenvalue weighted by molar-refractivity contribution is 0.0525. The lowest BCUT2D eigenvalue weighted by atomic mass is 10.1. The van der Waals surface area contributed by atoms with Gasteiger partial charge >= 0.3 is 5.97 Å². The molecule has 0 aliphatic rings. The Balaban J connectivity index is 1.99. The fourth-order valence-electron chi connectivity index (χ4n) is 3.15. The van der Waals surface area contributed by atoms with Crippen LogP contribution in [0.15, 0.2) is 41.3 Å². The van der Waals surface area contributed by atoms with Crippen LogP contribution in [0.3, 0.4) is 0 Å². The normalized spacial score (nSPS) is 12.1. The summed E-state index contributed by atoms with van der Waals surface area (Å²) in [6.45, 7) is 5.53. The van der Waals surface area contributed by atoms with Crippen molar-refractivity contribution in [1.82, 2.24) is 14.8 Å². The van der Waals surface area contributed by atoms with Gasteiger partial charge in [0.15, 0.2) is 0 Å². The van der Waals surface area contributed by atoms with Gasteiger partial charge in [-0.2, -0.15) is 5.10 Å². The Bertz CT molecular complexity index is 1050. The summed E-state index contributed by atoms with van der Waals surface area (Å²) in [5.74, 6) is -0.688. The molecule has 2 N–H and O–H groups in total. The lowest BCUT2D eigenvalue weighted by Crippen LogP contribution is -2.24. The Hall–Kier alpha value is -2.84. The van der Waals surface area contributed by atoms with E-state index in [0.717, 1.165) is 5.56 Å². The number of aromatic nitrogens is 3. The minimum absolute atomic E-state index is 0.0779. The van der Waals surface area contributed by atoms with Gasteiger partial charge in [-0.1, -0.05) is 30.3 Å². The molecule has 0 saturated carbocycles. The highest BCUT2D eigenvalue weighted by atomic mass is 35.5. The summed E-state index contributed by atoms with van der Waals surface area (Å²) in [5, 5.41) is 7.80. The molecule has 1 unspecified atom stereocenters. The van der Waals surface area contributed by atoms with Crippen LogP contribution in [0.5, 0.6) is 0 Å². The number of ether oxygens (including phenoxy) is 2. The standard InChI is InChI=1S/C21H25ClN4O4/c1-3-29-11-10-23-18-15-12-24-26(13-16(22)14-8-6-5-7-9-14)19(15)25-20(27)17(18)21(28)30-4-2/h5-9,12,16H,3-4,10-11,13H2,1-2H3,(H2,23,25,27). The van der Waals surface area contributed by atoms with Crippen molar-refractivity contribution in [2.24, 2.45) is 0 Å². The number of aromatic amines is 1. The number of anilines is 1. The molecule has 0 aliphatic heterocycles. The van der Waals surface area contributed by atoms with Gasteiger partial charge in [0.25, 0.3) is 5.56 Å². The van der Waals surface area contributed by atoms with E-state index in [4.69, 9.17) is 21.1 Å². The molecule has 0 fully saturated rings. The summed E-state index contributed by atoms with van der Waals surface area (Å²) >= 11 is 6.56. The smallest absolute Gasteiger partial charge is 0.345 e. The number of alkyl halides is 1. The fraction of sp³-hybridized carbons (Fsp3) is 0.381. The molecular weight excluding hydrogens is 408 g/mol. The number of rotatable bonds is 10. The van der Waals surface area contributed by atoms with Crippen LogP contribution in [0.25, 0.3) is 11.0 Å². The van der Waals surface area contributed by atoms with E-state index < -0.39 is 11.5 Å². The molecule has 1 aromatic carbocycles. The minimum Gasteiger partial charge on any atom is -0.462 e. The van der Waals surface area contributed by atoms with Crippen molar-refractivity contribution in [3.05, 3.63) is 58.0 Å². The molecule has 0 spiro atoms. The van der Waals surface area contributed by atoms with Crippen LogP contribution < -0.4 is 10.9 Å². The van der Waals surface area contributed by atoms with Gasteiger partial charge in [-0.25, -0.2) is 9.48 Å². The number of fused-ring (bicyclic) bond motifs is 1. The van der Waals surface area contributed by atoms with Gasteiger partial charge in [0.1, 0.15) is 11.2 Å². The van der Waals surface area contributed by atoms with E-state index >= 15 is 0 Å². The second-order valence-electron chi connectivity index (χ2n) is 6.52. The van der Waals surface area contributed by atoms with E-state index in [-0.39, 0.29) is 17.5 Å². The molecule has 0 bridgehead atoms. The van der Waals surface area contributed by atoms with Crippen molar-refractivity contribution < 1.29 is 14.3 Å². The summed E-state index contributed by atoms with van der Waals surface area (Å²) in [5.41, 5.74) is 1.18. The van der Waals surface area contributed by atoms with Crippen LogP contribution in [0, 0.1) is 0 Å². The first kappa shape index (κ1) is 21.9. The molecule has 3 aromatic rings. The summed E-state index contributed by atoms with van der Waals surface area (Å²) < 4.78 is 12.1. The number of pyridine rings is 1. The molecular formula is C21H25ClN4O4. The number of nitrogens with zero attached hydrogens (tertiary/aromatic N) is 2. The molecule has 160 valence electrons. The van der Waals surface area contributed by atoms with E-state index in [1.54, 1.807) is 17.8 Å². The number of benzene rings is 1. The quantitative estimate of drug-likeness (QED) is 0.289. The number of H-pyrrole nitrogens is 1. The highest BCUT2D eigenvalue weighted by molar-refractivity contribution is 6.20. The number of hydrogen-bond acceptors (Lipinski definition) is 6. The van der Waals surface area contributed by atoms with Crippen LogP contribution in [0.2, 0.25) is 0 Å². The highest BCUT2D eigenvalue weighted by Crippen LogP contribution is 2.27. The maximum absolute atomic E-state index is 12.8. The Labute approximate surface area is 179 Å². The van der Waals surface area contributed by atoms with Crippen molar-refractivity contribution in [3.63, 3.8) is 0 Å². The SMILES string of the molecule is CCOCCNc1c(C(=O)OCC)c(=O)[nH]c2c1cnn2CC(Cl)c1ccccc1. The molecule has 9 heteroatoms. The zero-order valence-corrected chi connectivity index (χ0v) is 17.7. The number of carbonyl (C=O) groups excluding carboxylic acids is 1. The Kier molecular flexibility index (Phi) is 7.48. The van der Waals surface area contributed by atoms with E-state index in [1.165, 1.54) is 0 Å². The van der Waals surface area contributed by atoms with Gasteiger partial charge in [0.05, 0.1) is 42.4 Å². The van der Waals surface area contributed by atoms with Gasteiger partial charge in [-0.05, 0) is 19.4 Å². The third-order valence-corrected chi connectivity index (χ3v) is 4.93. The summed E-state index contributed by atoms with van der Waals surface area (Å²) in [6.07, 6.45) is 1.60. The first-order chi connectivity index (χ1) is 14.6. The van der Waals surface area contributed by atoms with Crippen molar-refractivity contribution in [3.8, 4) is 0 Å². The average Bonchev–Trinajstić information content (AvgIpc) is 3.13. The molecule has 3 rings (SSSR count).